The van der Waals surface area contributed by atoms with Crippen LogP contribution < -0.4 is 11.1 Å². The Morgan fingerprint density at radius 3 is 2.47 bits per heavy atom. The summed E-state index contributed by atoms with van der Waals surface area (Å²) in [5.74, 6) is -1.55. The van der Waals surface area contributed by atoms with Gasteiger partial charge in [-0.15, -0.1) is 11.3 Å². The molecule has 0 aliphatic heterocycles. The van der Waals surface area contributed by atoms with E-state index < -0.39 is 36.9 Å². The van der Waals surface area contributed by atoms with E-state index in [0.717, 1.165) is 28.9 Å². The summed E-state index contributed by atoms with van der Waals surface area (Å²) >= 11 is 0.760. The molecule has 1 fully saturated rings. The minimum atomic E-state index is -2.90. The van der Waals surface area contributed by atoms with E-state index in [2.05, 4.69) is 20.5 Å². The monoisotopic (exact) mass is 549 g/mol. The maximum absolute atomic E-state index is 13.7. The summed E-state index contributed by atoms with van der Waals surface area (Å²) in [6.07, 6.45) is -2.37. The molecule has 5 rings (SSSR count). The number of nitrogens with two attached hydrogens (primary N) is 1. The molecule has 0 unspecified atom stereocenters. The second-order valence-corrected chi connectivity index (χ2v) is 10.0. The number of hydrogen-bond acceptors (Lipinski definition) is 6. The molecule has 0 bridgehead atoms. The van der Waals surface area contributed by atoms with Crippen LogP contribution in [-0.2, 0) is 17.9 Å². The van der Waals surface area contributed by atoms with E-state index in [1.807, 2.05) is 6.92 Å². The van der Waals surface area contributed by atoms with Crippen LogP contribution in [0.3, 0.4) is 0 Å². The number of amides is 2. The van der Waals surface area contributed by atoms with E-state index in [-0.39, 0.29) is 38.0 Å². The van der Waals surface area contributed by atoms with E-state index in [1.54, 1.807) is 17.8 Å². The molecule has 14 heteroatoms. The van der Waals surface area contributed by atoms with Gasteiger partial charge in [-0.05, 0) is 44.4 Å². The number of halogens is 4. The number of aryl methyl sites for hydroxylation is 2. The Bertz CT molecular complexity index is 1550. The number of thiophene rings is 1. The Hall–Kier alpha value is -3.81. The molecule has 1 aliphatic carbocycles. The molecule has 0 radical (unpaired) electrons. The van der Waals surface area contributed by atoms with Gasteiger partial charge in [0.2, 0.25) is 5.91 Å². The van der Waals surface area contributed by atoms with Gasteiger partial charge < -0.3 is 11.1 Å². The molecule has 4 heterocycles. The zero-order valence-corrected chi connectivity index (χ0v) is 21.2. The zero-order chi connectivity index (χ0) is 27.3. The predicted molar refractivity (Wildman–Crippen MR) is 133 cm³/mol. The number of primary amides is 1. The van der Waals surface area contributed by atoms with Gasteiger partial charge >= 0.3 is 0 Å². The molecule has 38 heavy (non-hydrogen) atoms. The van der Waals surface area contributed by atoms with Crippen LogP contribution in [0.2, 0.25) is 0 Å². The molecule has 4 aromatic heterocycles. The van der Waals surface area contributed by atoms with Crippen molar-refractivity contribution < 1.29 is 27.2 Å². The van der Waals surface area contributed by atoms with E-state index in [1.165, 1.54) is 12.1 Å². The van der Waals surface area contributed by atoms with Crippen LogP contribution in [0.4, 0.5) is 23.2 Å². The average Bonchev–Trinajstić information content (AvgIpc) is 3.35. The van der Waals surface area contributed by atoms with Gasteiger partial charge in [0.05, 0.1) is 17.1 Å². The van der Waals surface area contributed by atoms with Crippen molar-refractivity contribution in [3.8, 4) is 11.1 Å². The smallest absolute Gasteiger partial charge is 0.280 e. The average molecular weight is 550 g/mol. The van der Waals surface area contributed by atoms with Crippen molar-refractivity contribution in [3.63, 3.8) is 0 Å². The van der Waals surface area contributed by atoms with Crippen LogP contribution in [0.15, 0.2) is 18.3 Å². The van der Waals surface area contributed by atoms with Gasteiger partial charge in [0.1, 0.15) is 27.6 Å². The lowest BCUT2D eigenvalue weighted by molar-refractivity contribution is -0.117. The number of hydrogen-bond donors (Lipinski definition) is 2. The van der Waals surface area contributed by atoms with Crippen LogP contribution in [0, 0.1) is 6.92 Å². The van der Waals surface area contributed by atoms with Gasteiger partial charge in [0.25, 0.3) is 18.8 Å². The number of fused-ring (bicyclic) bond motifs is 1. The van der Waals surface area contributed by atoms with E-state index in [4.69, 9.17) is 5.73 Å². The van der Waals surface area contributed by atoms with Crippen LogP contribution in [0.25, 0.3) is 21.3 Å². The summed E-state index contributed by atoms with van der Waals surface area (Å²) in [4.78, 5) is 29.4. The highest BCUT2D eigenvalue weighted by atomic mass is 32.1. The molecular weight excluding hydrogens is 526 g/mol. The van der Waals surface area contributed by atoms with Gasteiger partial charge in [0, 0.05) is 29.6 Å². The number of nitrogens with one attached hydrogen (secondary N) is 1. The third kappa shape index (κ3) is 4.75. The molecule has 4 aromatic rings. The van der Waals surface area contributed by atoms with Gasteiger partial charge in [-0.25, -0.2) is 22.5 Å². The highest BCUT2D eigenvalue weighted by Crippen LogP contribution is 2.43. The first-order valence-electron chi connectivity index (χ1n) is 11.8. The molecule has 3 N–H and O–H groups in total. The Morgan fingerprint density at radius 1 is 1.16 bits per heavy atom. The second-order valence-electron chi connectivity index (χ2n) is 9.00. The van der Waals surface area contributed by atoms with Crippen molar-refractivity contribution in [2.75, 3.05) is 5.32 Å². The topological polar surface area (TPSA) is 121 Å². The first kappa shape index (κ1) is 25.8. The summed E-state index contributed by atoms with van der Waals surface area (Å²) in [6.45, 7) is 3.54. The number of anilines is 1. The number of pyridine rings is 1. The van der Waals surface area contributed by atoms with Crippen molar-refractivity contribution in [2.24, 2.45) is 5.73 Å². The molecule has 0 spiro atoms. The number of carbonyl (C=O) groups excluding carboxylic acids is 2. The molecule has 200 valence electrons. The van der Waals surface area contributed by atoms with Gasteiger partial charge in [0.15, 0.2) is 0 Å². The third-order valence-electron chi connectivity index (χ3n) is 6.30. The van der Waals surface area contributed by atoms with Crippen molar-refractivity contribution in [3.05, 3.63) is 46.0 Å². The Morgan fingerprint density at radius 2 is 1.89 bits per heavy atom. The number of rotatable bonds is 9. The molecule has 0 saturated heterocycles. The summed E-state index contributed by atoms with van der Waals surface area (Å²) in [5.41, 5.74) is 6.46. The van der Waals surface area contributed by atoms with E-state index in [9.17, 15) is 27.2 Å². The number of carbonyl (C=O) groups is 2. The fraction of sp³-hybridized carbons (Fsp3) is 0.375. The molecule has 1 saturated carbocycles. The lowest BCUT2D eigenvalue weighted by atomic mass is 10.0. The van der Waals surface area contributed by atoms with E-state index in [0.29, 0.717) is 23.5 Å². The molecule has 1 aliphatic rings. The SMILES string of the molecule is CCn1cc(-c2cc(C(F)F)nc3sc(C(N)=O)c(NC(=O)Cn4nc(C5CC5)cc4C(F)F)c23)c(C)n1. The van der Waals surface area contributed by atoms with Crippen molar-refractivity contribution >= 4 is 39.1 Å². The maximum Gasteiger partial charge on any atom is 0.280 e. The van der Waals surface area contributed by atoms with Crippen LogP contribution in [-0.4, -0.2) is 36.4 Å². The molecule has 2 amide bonds. The van der Waals surface area contributed by atoms with Crippen LogP contribution in [0.1, 0.15) is 71.0 Å². The lowest BCUT2D eigenvalue weighted by Crippen LogP contribution is -2.22. The third-order valence-corrected chi connectivity index (χ3v) is 7.39. The normalized spacial score (nSPS) is 13.7. The Kier molecular flexibility index (Phi) is 6.67. The van der Waals surface area contributed by atoms with Gasteiger partial charge in [-0.2, -0.15) is 10.2 Å². The first-order valence-corrected chi connectivity index (χ1v) is 12.6. The fourth-order valence-corrected chi connectivity index (χ4v) is 5.34. The minimum Gasteiger partial charge on any atom is -0.365 e. The zero-order valence-electron chi connectivity index (χ0n) is 20.3. The van der Waals surface area contributed by atoms with Crippen LogP contribution >= 0.6 is 11.3 Å². The highest BCUT2D eigenvalue weighted by molar-refractivity contribution is 7.21. The van der Waals surface area contributed by atoms with Crippen LogP contribution in [0.5, 0.6) is 0 Å². The summed E-state index contributed by atoms with van der Waals surface area (Å²) in [6, 6.07) is 2.49. The second kappa shape index (κ2) is 9.82. The van der Waals surface area contributed by atoms with Crippen molar-refractivity contribution in [1.82, 2.24) is 24.5 Å². The largest absolute Gasteiger partial charge is 0.365 e. The van der Waals surface area contributed by atoms with Crippen molar-refractivity contribution in [2.45, 2.75) is 58.5 Å². The summed E-state index contributed by atoms with van der Waals surface area (Å²) in [7, 11) is 0. The quantitative estimate of drug-likeness (QED) is 0.279. The Labute approximate surface area is 217 Å². The fourth-order valence-electron chi connectivity index (χ4n) is 4.33. The molecule has 0 aromatic carbocycles. The number of nitrogens with zero attached hydrogens (tertiary/aromatic N) is 5. The Balaban J connectivity index is 1.61. The van der Waals surface area contributed by atoms with E-state index >= 15 is 0 Å². The molecule has 9 nitrogen and oxygen atoms in total. The highest BCUT2D eigenvalue weighted by Gasteiger charge is 2.30. The van der Waals surface area contributed by atoms with Crippen molar-refractivity contribution in [1.29, 1.82) is 0 Å². The number of alkyl halides is 4. The van der Waals surface area contributed by atoms with Gasteiger partial charge in [-0.1, -0.05) is 0 Å². The standard InChI is InChI=1S/C24H23F4N7O2S/c1-3-34-8-13(10(2)32-34)12-6-15(21(25)26)30-24-18(12)19(20(38-24)23(29)37)31-17(36)9-35-16(22(27)28)7-14(33-35)11-4-5-11/h6-8,11,21-22H,3-5,9H2,1-2H3,(H2,29,37)(H,31,36). The molecule has 0 atom stereocenters. The summed E-state index contributed by atoms with van der Waals surface area (Å²) in [5, 5.41) is 11.4. The first-order chi connectivity index (χ1) is 18.1. The molecular formula is C24H23F4N7O2S. The lowest BCUT2D eigenvalue weighted by Gasteiger charge is -2.11. The summed E-state index contributed by atoms with van der Waals surface area (Å²) < 4.78 is 57.3. The number of aromatic nitrogens is 5. The minimum absolute atomic E-state index is 0.0253. The predicted octanol–water partition coefficient (Wildman–Crippen LogP) is 5.17. The maximum atomic E-state index is 13.7. The van der Waals surface area contributed by atoms with Gasteiger partial charge in [-0.3, -0.25) is 19.0 Å².